The van der Waals surface area contributed by atoms with E-state index in [0.717, 1.165) is 6.92 Å². The van der Waals surface area contributed by atoms with Crippen LogP contribution >= 0.6 is 0 Å². The first-order valence-corrected chi connectivity index (χ1v) is 10.3. The highest BCUT2D eigenvalue weighted by atomic mass is 32.2. The third-order valence-corrected chi connectivity index (χ3v) is 6.36. The van der Waals surface area contributed by atoms with Crippen LogP contribution in [0.15, 0.2) is 23.1 Å². The van der Waals surface area contributed by atoms with Crippen LogP contribution in [0, 0.1) is 0 Å². The quantitative estimate of drug-likeness (QED) is 0.650. The van der Waals surface area contributed by atoms with Crippen molar-refractivity contribution in [3.05, 3.63) is 23.8 Å². The van der Waals surface area contributed by atoms with Gasteiger partial charge in [-0.1, -0.05) is 0 Å². The number of likely N-dealkylation sites (tertiary alicyclic amines) is 1. The molecular formula is C17H25F3N4O3S. The SMILES string of the molecule is CNC(=O)c1cc(S(=O)(=O)NC)ccc1NC1CCN(C(C)C(F)(F)F)CC1. The molecule has 158 valence electrons. The van der Waals surface area contributed by atoms with Gasteiger partial charge in [-0.3, -0.25) is 9.69 Å². The Balaban J connectivity index is 2.15. The molecule has 1 atom stereocenters. The monoisotopic (exact) mass is 422 g/mol. The molecular weight excluding hydrogens is 397 g/mol. The number of carbonyl (C=O) groups excluding carboxylic acids is 1. The zero-order valence-corrected chi connectivity index (χ0v) is 16.7. The van der Waals surface area contributed by atoms with Gasteiger partial charge >= 0.3 is 6.18 Å². The minimum Gasteiger partial charge on any atom is -0.382 e. The number of sulfonamides is 1. The molecule has 3 N–H and O–H groups in total. The number of halogens is 3. The van der Waals surface area contributed by atoms with Crippen LogP contribution in [0.3, 0.4) is 0 Å². The Hall–Kier alpha value is -1.85. The van der Waals surface area contributed by atoms with Gasteiger partial charge in [0.05, 0.1) is 10.5 Å². The zero-order valence-electron chi connectivity index (χ0n) is 15.9. The second kappa shape index (κ2) is 8.66. The first-order valence-electron chi connectivity index (χ1n) is 8.86. The molecule has 28 heavy (non-hydrogen) atoms. The Labute approximate surface area is 162 Å². The highest BCUT2D eigenvalue weighted by molar-refractivity contribution is 7.89. The molecule has 0 aliphatic carbocycles. The summed E-state index contributed by atoms with van der Waals surface area (Å²) in [6, 6.07) is 2.53. The lowest BCUT2D eigenvalue weighted by Gasteiger charge is -2.37. The second-order valence-electron chi connectivity index (χ2n) is 6.67. The predicted molar refractivity (Wildman–Crippen MR) is 99.8 cm³/mol. The summed E-state index contributed by atoms with van der Waals surface area (Å²) in [5.41, 5.74) is 0.599. The molecule has 1 fully saturated rings. The summed E-state index contributed by atoms with van der Waals surface area (Å²) in [6.45, 7) is 1.71. The van der Waals surface area contributed by atoms with Crippen molar-refractivity contribution in [2.24, 2.45) is 0 Å². The van der Waals surface area contributed by atoms with Crippen molar-refractivity contribution >= 4 is 21.6 Å². The largest absolute Gasteiger partial charge is 0.403 e. The van der Waals surface area contributed by atoms with Crippen molar-refractivity contribution in [1.82, 2.24) is 14.9 Å². The maximum Gasteiger partial charge on any atom is 0.403 e. The average molecular weight is 422 g/mol. The molecule has 0 radical (unpaired) electrons. The van der Waals surface area contributed by atoms with Crippen molar-refractivity contribution < 1.29 is 26.4 Å². The number of amides is 1. The zero-order chi connectivity index (χ0) is 21.1. The van der Waals surface area contributed by atoms with Crippen molar-refractivity contribution in [2.45, 2.75) is 42.9 Å². The maximum atomic E-state index is 12.9. The van der Waals surface area contributed by atoms with E-state index in [1.165, 1.54) is 37.2 Å². The molecule has 7 nitrogen and oxygen atoms in total. The van der Waals surface area contributed by atoms with Gasteiger partial charge in [0.1, 0.15) is 6.04 Å². The Kier molecular flexibility index (Phi) is 6.94. The molecule has 1 aliphatic rings. The van der Waals surface area contributed by atoms with Crippen LogP contribution < -0.4 is 15.4 Å². The lowest BCUT2D eigenvalue weighted by atomic mass is 10.0. The third kappa shape index (κ3) is 5.15. The Morgan fingerprint density at radius 2 is 1.82 bits per heavy atom. The summed E-state index contributed by atoms with van der Waals surface area (Å²) in [7, 11) is -1.01. The molecule has 1 amide bonds. The highest BCUT2D eigenvalue weighted by Gasteiger charge is 2.41. The molecule has 1 heterocycles. The van der Waals surface area contributed by atoms with Gasteiger partial charge in [0, 0.05) is 31.9 Å². The second-order valence-corrected chi connectivity index (χ2v) is 8.55. The molecule has 0 bridgehead atoms. The first-order chi connectivity index (χ1) is 13.0. The van der Waals surface area contributed by atoms with E-state index in [1.807, 2.05) is 0 Å². The van der Waals surface area contributed by atoms with Crippen LogP contribution in [-0.4, -0.2) is 64.7 Å². The molecule has 1 aliphatic heterocycles. The number of hydrogen-bond acceptors (Lipinski definition) is 5. The standard InChI is InChI=1S/C17H25F3N4O3S/c1-11(17(18,19)20)24-8-6-12(7-9-24)23-15-5-4-13(28(26,27)22-3)10-14(15)16(25)21-2/h4-5,10-12,22-23H,6-9H2,1-3H3,(H,21,25). The van der Waals surface area contributed by atoms with E-state index in [9.17, 15) is 26.4 Å². The molecule has 2 rings (SSSR count). The summed E-state index contributed by atoms with van der Waals surface area (Å²) in [4.78, 5) is 13.5. The Bertz CT molecular complexity index is 806. The Morgan fingerprint density at radius 1 is 1.21 bits per heavy atom. The van der Waals surface area contributed by atoms with Crippen LogP contribution in [-0.2, 0) is 10.0 Å². The van der Waals surface area contributed by atoms with E-state index in [2.05, 4.69) is 15.4 Å². The fourth-order valence-corrected chi connectivity index (χ4v) is 3.87. The number of benzene rings is 1. The maximum absolute atomic E-state index is 12.9. The molecule has 1 aromatic carbocycles. The van der Waals surface area contributed by atoms with E-state index in [1.54, 1.807) is 0 Å². The van der Waals surface area contributed by atoms with Gasteiger partial charge in [-0.2, -0.15) is 13.2 Å². The summed E-state index contributed by atoms with van der Waals surface area (Å²) in [6.07, 6.45) is -3.31. The number of piperidine rings is 1. The molecule has 0 spiro atoms. The van der Waals surface area contributed by atoms with Crippen molar-refractivity contribution in [3.8, 4) is 0 Å². The molecule has 0 aromatic heterocycles. The van der Waals surface area contributed by atoms with Gasteiger partial charge in [0.25, 0.3) is 5.91 Å². The summed E-state index contributed by atoms with van der Waals surface area (Å²) >= 11 is 0. The molecule has 1 unspecified atom stereocenters. The fourth-order valence-electron chi connectivity index (χ4n) is 3.11. The van der Waals surface area contributed by atoms with Gasteiger partial charge in [-0.25, -0.2) is 13.1 Å². The topological polar surface area (TPSA) is 90.5 Å². The number of nitrogens with one attached hydrogen (secondary N) is 3. The van der Waals surface area contributed by atoms with Crippen LogP contribution in [0.5, 0.6) is 0 Å². The van der Waals surface area contributed by atoms with Crippen molar-refractivity contribution in [2.75, 3.05) is 32.5 Å². The molecule has 1 aromatic rings. The third-order valence-electron chi connectivity index (χ3n) is 4.95. The van der Waals surface area contributed by atoms with E-state index in [-0.39, 0.29) is 29.6 Å². The number of alkyl halides is 3. The number of rotatable bonds is 6. The number of anilines is 1. The predicted octanol–water partition coefficient (Wildman–Crippen LogP) is 1.78. The van der Waals surface area contributed by atoms with E-state index in [0.29, 0.717) is 18.5 Å². The van der Waals surface area contributed by atoms with E-state index < -0.39 is 28.1 Å². The van der Waals surface area contributed by atoms with E-state index in [4.69, 9.17) is 0 Å². The van der Waals surface area contributed by atoms with Crippen LogP contribution in [0.1, 0.15) is 30.1 Å². The molecule has 0 saturated carbocycles. The van der Waals surface area contributed by atoms with Crippen molar-refractivity contribution in [1.29, 1.82) is 0 Å². The molecule has 11 heteroatoms. The lowest BCUT2D eigenvalue weighted by Crippen LogP contribution is -2.49. The smallest absolute Gasteiger partial charge is 0.382 e. The minimum atomic E-state index is -4.26. The minimum absolute atomic E-state index is 0.0482. The number of nitrogens with zero attached hydrogens (tertiary/aromatic N) is 1. The van der Waals surface area contributed by atoms with E-state index >= 15 is 0 Å². The summed E-state index contributed by atoms with van der Waals surface area (Å²) in [5.74, 6) is -0.459. The number of carbonyl (C=O) groups is 1. The normalized spacial score (nSPS) is 17.9. The first kappa shape index (κ1) is 22.4. The van der Waals surface area contributed by atoms with Gasteiger partial charge in [-0.05, 0) is 45.0 Å². The van der Waals surface area contributed by atoms with Crippen molar-refractivity contribution in [3.63, 3.8) is 0 Å². The van der Waals surface area contributed by atoms with Crippen LogP contribution in [0.2, 0.25) is 0 Å². The fraction of sp³-hybridized carbons (Fsp3) is 0.588. The Morgan fingerprint density at radius 3 is 2.32 bits per heavy atom. The van der Waals surface area contributed by atoms with Crippen LogP contribution in [0.25, 0.3) is 0 Å². The highest BCUT2D eigenvalue weighted by Crippen LogP contribution is 2.28. The van der Waals surface area contributed by atoms with Crippen LogP contribution in [0.4, 0.5) is 18.9 Å². The number of hydrogen-bond donors (Lipinski definition) is 3. The van der Waals surface area contributed by atoms with Gasteiger partial charge < -0.3 is 10.6 Å². The lowest BCUT2D eigenvalue weighted by molar-refractivity contribution is -0.181. The summed E-state index contributed by atoms with van der Waals surface area (Å²) < 4.78 is 64.8. The average Bonchev–Trinajstić information content (AvgIpc) is 2.66. The summed E-state index contributed by atoms with van der Waals surface area (Å²) in [5, 5.41) is 5.64. The van der Waals surface area contributed by atoms with Gasteiger partial charge in [0.15, 0.2) is 0 Å². The molecule has 1 saturated heterocycles. The van der Waals surface area contributed by atoms with Gasteiger partial charge in [-0.15, -0.1) is 0 Å². The van der Waals surface area contributed by atoms with Gasteiger partial charge in [0.2, 0.25) is 10.0 Å².